The van der Waals surface area contributed by atoms with E-state index in [0.29, 0.717) is 0 Å². The van der Waals surface area contributed by atoms with E-state index in [0.717, 1.165) is 6.42 Å². The van der Waals surface area contributed by atoms with E-state index in [1.807, 2.05) is 0 Å². The topological polar surface area (TPSA) is 0 Å². The van der Waals surface area contributed by atoms with Crippen molar-refractivity contribution in [2.75, 3.05) is 0 Å². The molecule has 0 fully saturated rings. The summed E-state index contributed by atoms with van der Waals surface area (Å²) < 4.78 is 0. The molecule has 0 bridgehead atoms. The van der Waals surface area contributed by atoms with Crippen molar-refractivity contribution in [2.24, 2.45) is 0 Å². The van der Waals surface area contributed by atoms with Crippen molar-refractivity contribution in [2.45, 2.75) is 26.2 Å². The highest BCUT2D eigenvalue weighted by atomic mass is 14.1. The minimum Gasteiger partial charge on any atom is -0.0654 e. The number of benzene rings is 4. The van der Waals surface area contributed by atoms with E-state index < -0.39 is 0 Å². The molecule has 108 valence electrons. The van der Waals surface area contributed by atoms with Crippen molar-refractivity contribution >= 4 is 32.3 Å². The van der Waals surface area contributed by atoms with Crippen LogP contribution in [-0.2, 0) is 6.42 Å². The zero-order valence-electron chi connectivity index (χ0n) is 13.0. The molecule has 0 heteroatoms. The summed E-state index contributed by atoms with van der Waals surface area (Å²) in [5, 5.41) is 8.31. The Morgan fingerprint density at radius 3 is 2.18 bits per heavy atom. The van der Waals surface area contributed by atoms with Gasteiger partial charge in [0.1, 0.15) is 0 Å². The Morgan fingerprint density at radius 1 is 0.682 bits per heavy atom. The standard InChI is InChI=1S/C22H20/c1-2-3-10-21-19-11-6-5-9-17(19)15-18-14-13-16-8-4-7-12-20(16)22(18)21/h4-9,11-15H,2-3,10H2,1H3. The smallest absolute Gasteiger partial charge is 0.00669 e. The van der Waals surface area contributed by atoms with Gasteiger partial charge in [0.25, 0.3) is 0 Å². The van der Waals surface area contributed by atoms with E-state index in [-0.39, 0.29) is 0 Å². The molecule has 0 radical (unpaired) electrons. The number of fused-ring (bicyclic) bond motifs is 4. The van der Waals surface area contributed by atoms with Crippen LogP contribution in [0, 0.1) is 0 Å². The van der Waals surface area contributed by atoms with Crippen molar-refractivity contribution < 1.29 is 0 Å². The van der Waals surface area contributed by atoms with Gasteiger partial charge in [-0.25, -0.2) is 0 Å². The lowest BCUT2D eigenvalue weighted by molar-refractivity contribution is 0.803. The molecule has 4 aromatic carbocycles. The van der Waals surface area contributed by atoms with Crippen molar-refractivity contribution in [3.63, 3.8) is 0 Å². The van der Waals surface area contributed by atoms with Crippen LogP contribution in [0.4, 0.5) is 0 Å². The van der Waals surface area contributed by atoms with Gasteiger partial charge in [0.15, 0.2) is 0 Å². The molecule has 0 saturated carbocycles. The molecule has 0 spiro atoms. The van der Waals surface area contributed by atoms with E-state index in [2.05, 4.69) is 73.7 Å². The average Bonchev–Trinajstić information content (AvgIpc) is 2.58. The van der Waals surface area contributed by atoms with Crippen molar-refractivity contribution in [1.82, 2.24) is 0 Å². The summed E-state index contributed by atoms with van der Waals surface area (Å²) in [5.74, 6) is 0. The molecule has 4 rings (SSSR count). The molecule has 0 unspecified atom stereocenters. The molecule has 0 atom stereocenters. The summed E-state index contributed by atoms with van der Waals surface area (Å²) in [7, 11) is 0. The van der Waals surface area contributed by atoms with Gasteiger partial charge in [0, 0.05) is 0 Å². The zero-order chi connectivity index (χ0) is 14.9. The first-order chi connectivity index (χ1) is 10.9. The predicted molar refractivity (Wildman–Crippen MR) is 97.6 cm³/mol. The lowest BCUT2D eigenvalue weighted by atomic mass is 9.90. The Labute approximate surface area is 131 Å². The Kier molecular flexibility index (Phi) is 3.31. The number of aryl methyl sites for hydroxylation is 1. The maximum absolute atomic E-state index is 2.34. The van der Waals surface area contributed by atoms with Crippen molar-refractivity contribution in [1.29, 1.82) is 0 Å². The summed E-state index contributed by atoms with van der Waals surface area (Å²) in [6.07, 6.45) is 3.63. The van der Waals surface area contributed by atoms with E-state index in [1.54, 1.807) is 0 Å². The summed E-state index contributed by atoms with van der Waals surface area (Å²) in [5.41, 5.74) is 1.52. The van der Waals surface area contributed by atoms with E-state index in [4.69, 9.17) is 0 Å². The Bertz CT molecular complexity index is 963. The van der Waals surface area contributed by atoms with Gasteiger partial charge in [-0.05, 0) is 56.8 Å². The molecule has 0 N–H and O–H groups in total. The molecular formula is C22H20. The SMILES string of the molecule is CCCCc1c2ccccc2cc2ccc3ccccc3c12. The fourth-order valence-corrected chi connectivity index (χ4v) is 3.56. The number of hydrogen-bond donors (Lipinski definition) is 0. The Hall–Kier alpha value is -2.34. The summed E-state index contributed by atoms with van der Waals surface area (Å²) in [6.45, 7) is 2.27. The Balaban J connectivity index is 2.19. The molecule has 0 aromatic heterocycles. The molecule has 0 heterocycles. The van der Waals surface area contributed by atoms with Crippen LogP contribution in [0.25, 0.3) is 32.3 Å². The van der Waals surface area contributed by atoms with Gasteiger partial charge < -0.3 is 0 Å². The number of rotatable bonds is 3. The Morgan fingerprint density at radius 2 is 1.36 bits per heavy atom. The highest BCUT2D eigenvalue weighted by molar-refractivity contribution is 6.14. The molecule has 0 aliphatic heterocycles. The second-order valence-corrected chi connectivity index (χ2v) is 6.06. The molecule has 0 nitrogen and oxygen atoms in total. The van der Waals surface area contributed by atoms with Crippen LogP contribution in [0.3, 0.4) is 0 Å². The molecule has 22 heavy (non-hydrogen) atoms. The molecule has 0 saturated heterocycles. The predicted octanol–water partition coefficient (Wildman–Crippen LogP) is 6.49. The number of hydrogen-bond acceptors (Lipinski definition) is 0. The highest BCUT2D eigenvalue weighted by Gasteiger charge is 2.10. The van der Waals surface area contributed by atoms with Gasteiger partial charge in [0.2, 0.25) is 0 Å². The zero-order valence-corrected chi connectivity index (χ0v) is 13.0. The van der Waals surface area contributed by atoms with Crippen LogP contribution in [-0.4, -0.2) is 0 Å². The van der Waals surface area contributed by atoms with Crippen molar-refractivity contribution in [3.05, 3.63) is 72.3 Å². The van der Waals surface area contributed by atoms with Crippen molar-refractivity contribution in [3.8, 4) is 0 Å². The second kappa shape index (κ2) is 5.46. The van der Waals surface area contributed by atoms with Crippen LogP contribution < -0.4 is 0 Å². The molecule has 0 aliphatic rings. The fourth-order valence-electron chi connectivity index (χ4n) is 3.56. The van der Waals surface area contributed by atoms with Gasteiger partial charge in [0.05, 0.1) is 0 Å². The average molecular weight is 284 g/mol. The molecule has 0 aliphatic carbocycles. The first kappa shape index (κ1) is 13.3. The molecular weight excluding hydrogens is 264 g/mol. The van der Waals surface area contributed by atoms with Gasteiger partial charge in [-0.15, -0.1) is 0 Å². The third-order valence-electron chi connectivity index (χ3n) is 4.64. The van der Waals surface area contributed by atoms with Crippen LogP contribution in [0.2, 0.25) is 0 Å². The summed E-state index contributed by atoms with van der Waals surface area (Å²) in [6, 6.07) is 24.4. The minimum atomic E-state index is 1.16. The summed E-state index contributed by atoms with van der Waals surface area (Å²) >= 11 is 0. The summed E-state index contributed by atoms with van der Waals surface area (Å²) in [4.78, 5) is 0. The first-order valence-electron chi connectivity index (χ1n) is 8.20. The lowest BCUT2D eigenvalue weighted by Gasteiger charge is -2.14. The van der Waals surface area contributed by atoms with E-state index in [9.17, 15) is 0 Å². The fraction of sp³-hybridized carbons (Fsp3) is 0.182. The third-order valence-corrected chi connectivity index (χ3v) is 4.64. The van der Waals surface area contributed by atoms with Gasteiger partial charge >= 0.3 is 0 Å². The highest BCUT2D eigenvalue weighted by Crippen LogP contribution is 2.34. The minimum absolute atomic E-state index is 1.16. The lowest BCUT2D eigenvalue weighted by Crippen LogP contribution is -1.91. The van der Waals surface area contributed by atoms with Gasteiger partial charge in [-0.2, -0.15) is 0 Å². The molecule has 4 aromatic rings. The monoisotopic (exact) mass is 284 g/mol. The van der Waals surface area contributed by atoms with Crippen LogP contribution in [0.5, 0.6) is 0 Å². The third kappa shape index (κ3) is 2.07. The van der Waals surface area contributed by atoms with Crippen LogP contribution >= 0.6 is 0 Å². The second-order valence-electron chi connectivity index (χ2n) is 6.06. The van der Waals surface area contributed by atoms with Crippen LogP contribution in [0.1, 0.15) is 25.3 Å². The normalized spacial score (nSPS) is 11.5. The van der Waals surface area contributed by atoms with Gasteiger partial charge in [-0.1, -0.05) is 74.0 Å². The largest absolute Gasteiger partial charge is 0.0654 e. The van der Waals surface area contributed by atoms with E-state index in [1.165, 1.54) is 50.7 Å². The quantitative estimate of drug-likeness (QED) is 0.298. The number of unbranched alkanes of at least 4 members (excludes halogenated alkanes) is 1. The molecule has 0 amide bonds. The van der Waals surface area contributed by atoms with E-state index >= 15 is 0 Å². The maximum atomic E-state index is 2.34. The first-order valence-corrected chi connectivity index (χ1v) is 8.20. The maximum Gasteiger partial charge on any atom is -0.00669 e. The van der Waals surface area contributed by atoms with Gasteiger partial charge in [-0.3, -0.25) is 0 Å². The van der Waals surface area contributed by atoms with Crippen LogP contribution in [0.15, 0.2) is 66.7 Å².